The lowest BCUT2D eigenvalue weighted by molar-refractivity contribution is -0.139. The molecule has 0 bridgehead atoms. The standard InChI is InChI=1S/C23H25F3N2O3/c1-14(2)28-19(29)23(27-20(28)30)18-12-15(6-11-22(24,25)26)4-5-16(18)13-21(23)9-7-17(31-3)8-10-21/h4-5,12,14,17H,7-10,13H2,1-3H3,(H,27,30)/t17?,21?,23-/m1/s1. The number of fused-ring (bicyclic) bond motifs is 3. The molecule has 1 saturated heterocycles. The number of carbonyl (C=O) groups is 2. The van der Waals surface area contributed by atoms with Crippen LogP contribution in [-0.2, 0) is 21.5 Å². The van der Waals surface area contributed by atoms with Gasteiger partial charge in [0.2, 0.25) is 0 Å². The van der Waals surface area contributed by atoms with Crippen molar-refractivity contribution in [3.8, 4) is 11.8 Å². The molecule has 1 heterocycles. The summed E-state index contributed by atoms with van der Waals surface area (Å²) in [5, 5.41) is 2.99. The maximum atomic E-state index is 13.8. The average molecular weight is 434 g/mol. The van der Waals surface area contributed by atoms with Crippen LogP contribution in [0.4, 0.5) is 18.0 Å². The van der Waals surface area contributed by atoms with Crippen LogP contribution in [-0.4, -0.2) is 42.3 Å². The van der Waals surface area contributed by atoms with E-state index in [1.807, 2.05) is 0 Å². The van der Waals surface area contributed by atoms with Gasteiger partial charge in [-0.05, 0) is 69.2 Å². The van der Waals surface area contributed by atoms with Gasteiger partial charge in [-0.25, -0.2) is 4.79 Å². The number of alkyl halides is 3. The third kappa shape index (κ3) is 3.30. The van der Waals surface area contributed by atoms with Crippen LogP contribution in [0.2, 0.25) is 0 Å². The Balaban J connectivity index is 1.85. The number of halogens is 3. The molecule has 2 aliphatic carbocycles. The zero-order chi connectivity index (χ0) is 22.6. The molecular weight excluding hydrogens is 409 g/mol. The highest BCUT2D eigenvalue weighted by atomic mass is 19.4. The lowest BCUT2D eigenvalue weighted by atomic mass is 9.61. The second-order valence-electron chi connectivity index (χ2n) is 8.96. The number of imide groups is 1. The molecule has 1 aromatic carbocycles. The Bertz CT molecular complexity index is 984. The molecule has 0 aromatic heterocycles. The largest absolute Gasteiger partial charge is 0.458 e. The van der Waals surface area contributed by atoms with Crippen LogP contribution < -0.4 is 5.32 Å². The molecule has 2 fully saturated rings. The van der Waals surface area contributed by atoms with E-state index in [2.05, 4.69) is 11.2 Å². The van der Waals surface area contributed by atoms with Crippen LogP contribution in [0.3, 0.4) is 0 Å². The zero-order valence-corrected chi connectivity index (χ0v) is 17.7. The molecule has 8 heteroatoms. The van der Waals surface area contributed by atoms with Gasteiger partial charge in [-0.3, -0.25) is 9.69 Å². The first-order chi connectivity index (χ1) is 14.5. The van der Waals surface area contributed by atoms with E-state index in [1.54, 1.807) is 39.2 Å². The first kappa shape index (κ1) is 21.7. The number of ether oxygens (including phenoxy) is 1. The van der Waals surface area contributed by atoms with E-state index in [0.29, 0.717) is 24.8 Å². The van der Waals surface area contributed by atoms with Crippen molar-refractivity contribution in [2.75, 3.05) is 7.11 Å². The maximum Gasteiger partial charge on any atom is 0.458 e. The molecule has 3 amide bonds. The Hall–Kier alpha value is -2.53. The number of hydrogen-bond donors (Lipinski definition) is 1. The molecule has 5 nitrogen and oxygen atoms in total. The minimum absolute atomic E-state index is 0.0907. The number of rotatable bonds is 2. The number of methoxy groups -OCH3 is 1. The van der Waals surface area contributed by atoms with E-state index in [4.69, 9.17) is 4.74 Å². The summed E-state index contributed by atoms with van der Waals surface area (Å²) >= 11 is 0. The van der Waals surface area contributed by atoms with E-state index in [9.17, 15) is 22.8 Å². The number of carbonyl (C=O) groups excluding carboxylic acids is 2. The first-order valence-electron chi connectivity index (χ1n) is 10.4. The number of urea groups is 1. The molecule has 3 aliphatic rings. The highest BCUT2D eigenvalue weighted by Crippen LogP contribution is 2.60. The molecule has 0 unspecified atom stereocenters. The van der Waals surface area contributed by atoms with E-state index in [-0.39, 0.29) is 23.6 Å². The fourth-order valence-electron chi connectivity index (χ4n) is 5.57. The summed E-state index contributed by atoms with van der Waals surface area (Å²) in [7, 11) is 1.66. The summed E-state index contributed by atoms with van der Waals surface area (Å²) in [6, 6.07) is 4.04. The smallest absolute Gasteiger partial charge is 0.381 e. The molecule has 1 aliphatic heterocycles. The summed E-state index contributed by atoms with van der Waals surface area (Å²) in [6.07, 6.45) is -1.11. The van der Waals surface area contributed by atoms with Crippen LogP contribution in [0.1, 0.15) is 56.2 Å². The number of amides is 3. The quantitative estimate of drug-likeness (QED) is 0.568. The van der Waals surface area contributed by atoms with E-state index in [0.717, 1.165) is 18.4 Å². The van der Waals surface area contributed by atoms with Gasteiger partial charge >= 0.3 is 12.2 Å². The van der Waals surface area contributed by atoms with Gasteiger partial charge in [0.1, 0.15) is 0 Å². The van der Waals surface area contributed by atoms with Crippen molar-refractivity contribution in [1.82, 2.24) is 10.2 Å². The van der Waals surface area contributed by atoms with E-state index >= 15 is 0 Å². The highest BCUT2D eigenvalue weighted by molar-refractivity contribution is 6.09. The van der Waals surface area contributed by atoms with Gasteiger partial charge in [0.15, 0.2) is 5.54 Å². The molecule has 4 rings (SSSR count). The lowest BCUT2D eigenvalue weighted by Gasteiger charge is -2.46. The molecule has 1 N–H and O–H groups in total. The highest BCUT2D eigenvalue weighted by Gasteiger charge is 2.68. The molecule has 166 valence electrons. The third-order valence-electron chi connectivity index (χ3n) is 6.98. The minimum Gasteiger partial charge on any atom is -0.381 e. The number of nitrogens with zero attached hydrogens (tertiary/aromatic N) is 1. The third-order valence-corrected chi connectivity index (χ3v) is 6.98. The number of benzene rings is 1. The van der Waals surface area contributed by atoms with Gasteiger partial charge in [0, 0.05) is 30.1 Å². The van der Waals surface area contributed by atoms with Crippen LogP contribution in [0.5, 0.6) is 0 Å². The topological polar surface area (TPSA) is 58.6 Å². The fraction of sp³-hybridized carbons (Fsp3) is 0.565. The Kier molecular flexibility index (Phi) is 5.08. The Labute approximate surface area is 179 Å². The predicted octanol–water partition coefficient (Wildman–Crippen LogP) is 3.89. The zero-order valence-electron chi connectivity index (χ0n) is 17.7. The summed E-state index contributed by atoms with van der Waals surface area (Å²) in [5.74, 6) is 3.12. The number of hydrogen-bond acceptors (Lipinski definition) is 3. The Morgan fingerprint density at radius 3 is 2.45 bits per heavy atom. The normalized spacial score (nSPS) is 30.0. The van der Waals surface area contributed by atoms with E-state index < -0.39 is 23.2 Å². The summed E-state index contributed by atoms with van der Waals surface area (Å²) in [5.41, 5.74) is -0.232. The second-order valence-corrected chi connectivity index (χ2v) is 8.96. The molecule has 1 saturated carbocycles. The van der Waals surface area contributed by atoms with Crippen molar-refractivity contribution in [3.63, 3.8) is 0 Å². The fourth-order valence-corrected chi connectivity index (χ4v) is 5.57. The van der Waals surface area contributed by atoms with E-state index in [1.165, 1.54) is 10.8 Å². The molecule has 2 spiro atoms. The average Bonchev–Trinajstić information content (AvgIpc) is 3.12. The van der Waals surface area contributed by atoms with Crippen molar-refractivity contribution < 1.29 is 27.5 Å². The Morgan fingerprint density at radius 2 is 1.90 bits per heavy atom. The van der Waals surface area contributed by atoms with Crippen molar-refractivity contribution >= 4 is 11.9 Å². The predicted molar refractivity (Wildman–Crippen MR) is 107 cm³/mol. The molecule has 1 aromatic rings. The second kappa shape index (κ2) is 7.27. The van der Waals surface area contributed by atoms with Gasteiger partial charge in [-0.2, -0.15) is 13.2 Å². The summed E-state index contributed by atoms with van der Waals surface area (Å²) in [6.45, 7) is 3.54. The van der Waals surface area contributed by atoms with Gasteiger partial charge in [-0.15, -0.1) is 0 Å². The minimum atomic E-state index is -4.61. The van der Waals surface area contributed by atoms with Gasteiger partial charge in [-0.1, -0.05) is 12.0 Å². The molecule has 0 radical (unpaired) electrons. The first-order valence-corrected chi connectivity index (χ1v) is 10.4. The van der Waals surface area contributed by atoms with Gasteiger partial charge in [0.25, 0.3) is 5.91 Å². The van der Waals surface area contributed by atoms with Crippen LogP contribution >= 0.6 is 0 Å². The van der Waals surface area contributed by atoms with Crippen molar-refractivity contribution in [2.45, 2.75) is 69.8 Å². The van der Waals surface area contributed by atoms with Crippen molar-refractivity contribution in [3.05, 3.63) is 34.9 Å². The molecular formula is C23H25F3N2O3. The van der Waals surface area contributed by atoms with Gasteiger partial charge in [0.05, 0.1) is 6.10 Å². The SMILES string of the molecule is COC1CCC2(CC1)Cc1ccc(C#CC(F)(F)F)cc1[C@]21NC(=O)N(C(C)C)C1=O. The summed E-state index contributed by atoms with van der Waals surface area (Å²) in [4.78, 5) is 27.9. The van der Waals surface area contributed by atoms with Crippen molar-refractivity contribution in [2.24, 2.45) is 5.41 Å². The van der Waals surface area contributed by atoms with Crippen LogP contribution in [0, 0.1) is 17.3 Å². The lowest BCUT2D eigenvalue weighted by Crippen LogP contribution is -2.57. The monoisotopic (exact) mass is 434 g/mol. The number of nitrogens with one attached hydrogen (secondary N) is 1. The van der Waals surface area contributed by atoms with Gasteiger partial charge < -0.3 is 10.1 Å². The maximum absolute atomic E-state index is 13.8. The molecule has 1 atom stereocenters. The van der Waals surface area contributed by atoms with Crippen molar-refractivity contribution in [1.29, 1.82) is 0 Å². The Morgan fingerprint density at radius 1 is 1.23 bits per heavy atom. The molecule has 31 heavy (non-hydrogen) atoms. The van der Waals surface area contributed by atoms with Crippen LogP contribution in [0.25, 0.3) is 0 Å². The summed E-state index contributed by atoms with van der Waals surface area (Å²) < 4.78 is 43.4. The van der Waals surface area contributed by atoms with Crippen LogP contribution in [0.15, 0.2) is 18.2 Å².